The molecule has 2 aliphatic heterocycles. The highest BCUT2D eigenvalue weighted by atomic mass is 16.6. The Morgan fingerprint density at radius 3 is 2.50 bits per heavy atom. The number of ketones is 1. The number of epoxide rings is 1. The summed E-state index contributed by atoms with van der Waals surface area (Å²) in [4.78, 5) is 26.5. The highest BCUT2D eigenvalue weighted by molar-refractivity contribution is 6.21. The average Bonchev–Trinajstić information content (AvgIpc) is 3.17. The van der Waals surface area contributed by atoms with Gasteiger partial charge in [-0.05, 0) is 24.6 Å². The topological polar surface area (TPSA) is 49.9 Å². The Morgan fingerprint density at radius 2 is 1.82 bits per heavy atom. The Labute approximate surface area is 128 Å². The van der Waals surface area contributed by atoms with Crippen LogP contribution in [0.4, 0.5) is 5.69 Å². The van der Waals surface area contributed by atoms with Gasteiger partial charge in [-0.2, -0.15) is 0 Å². The molecule has 0 saturated carbocycles. The third-order valence-electron chi connectivity index (χ3n) is 4.34. The number of carbonyl (C=O) groups excluding carboxylic acids is 2. The van der Waals surface area contributed by atoms with Crippen molar-refractivity contribution >= 4 is 17.4 Å². The van der Waals surface area contributed by atoms with E-state index in [-0.39, 0.29) is 11.7 Å². The Balaban J connectivity index is 1.81. The first-order chi connectivity index (χ1) is 10.6. The Kier molecular flexibility index (Phi) is 2.57. The van der Waals surface area contributed by atoms with Gasteiger partial charge in [0, 0.05) is 12.5 Å². The lowest BCUT2D eigenvalue weighted by Crippen LogP contribution is -2.43. The predicted octanol–water partition coefficient (Wildman–Crippen LogP) is 3.01. The summed E-state index contributed by atoms with van der Waals surface area (Å²) in [7, 11) is 0. The molecule has 4 heteroatoms. The molecule has 4 rings (SSSR count). The van der Waals surface area contributed by atoms with E-state index in [0.717, 1.165) is 11.1 Å². The second kappa shape index (κ2) is 4.27. The van der Waals surface area contributed by atoms with Crippen molar-refractivity contribution in [3.8, 4) is 0 Å². The second-order valence-electron chi connectivity index (χ2n) is 5.81. The van der Waals surface area contributed by atoms with Crippen LogP contribution in [-0.4, -0.2) is 17.4 Å². The number of carbonyl (C=O) groups is 2. The van der Waals surface area contributed by atoms with E-state index in [4.69, 9.17) is 4.74 Å². The minimum atomic E-state index is -1.19. The van der Waals surface area contributed by atoms with Crippen molar-refractivity contribution in [2.45, 2.75) is 25.7 Å². The highest BCUT2D eigenvalue weighted by Gasteiger charge is 2.72. The summed E-state index contributed by atoms with van der Waals surface area (Å²) in [5.41, 5.74) is 2.05. The fourth-order valence-electron chi connectivity index (χ4n) is 3.26. The molecule has 0 aliphatic carbocycles. The quantitative estimate of drug-likeness (QED) is 0.759. The average molecular weight is 293 g/mol. The van der Waals surface area contributed by atoms with Crippen LogP contribution in [0.15, 0.2) is 48.5 Å². The molecule has 2 aromatic carbocycles. The van der Waals surface area contributed by atoms with Gasteiger partial charge in [-0.25, -0.2) is 0 Å². The van der Waals surface area contributed by atoms with Gasteiger partial charge < -0.3 is 4.74 Å². The van der Waals surface area contributed by atoms with Crippen molar-refractivity contribution in [3.63, 3.8) is 0 Å². The molecule has 22 heavy (non-hydrogen) atoms. The fourth-order valence-corrected chi connectivity index (χ4v) is 3.26. The minimum absolute atomic E-state index is 0.135. The van der Waals surface area contributed by atoms with E-state index in [0.29, 0.717) is 11.3 Å². The van der Waals surface area contributed by atoms with Crippen molar-refractivity contribution in [1.82, 2.24) is 0 Å². The lowest BCUT2D eigenvalue weighted by molar-refractivity contribution is -0.117. The van der Waals surface area contributed by atoms with E-state index in [1.807, 2.05) is 37.3 Å². The highest BCUT2D eigenvalue weighted by Crippen LogP contribution is 2.59. The van der Waals surface area contributed by atoms with Gasteiger partial charge in [-0.3, -0.25) is 14.5 Å². The molecule has 0 radical (unpaired) electrons. The number of nitrogens with zero attached hydrogens (tertiary/aromatic N) is 1. The van der Waals surface area contributed by atoms with Gasteiger partial charge in [0.1, 0.15) is 6.10 Å². The zero-order valence-corrected chi connectivity index (χ0v) is 12.4. The van der Waals surface area contributed by atoms with Crippen LogP contribution in [-0.2, 0) is 9.53 Å². The first kappa shape index (κ1) is 13.2. The standard InChI is InChI=1S/C18H15NO3/c1-11-7-9-13(10-8-11)17-18(22-17)16(21)14-5-3-4-6-15(14)19(18)12(2)20/h3-10,17H,1-2H3/t17-,18+/m1/s1. The summed E-state index contributed by atoms with van der Waals surface area (Å²) < 4.78 is 5.82. The number of hydrogen-bond donors (Lipinski definition) is 0. The number of hydrogen-bond acceptors (Lipinski definition) is 3. The van der Waals surface area contributed by atoms with Crippen LogP contribution in [0.1, 0.15) is 34.5 Å². The molecule has 4 nitrogen and oxygen atoms in total. The third-order valence-corrected chi connectivity index (χ3v) is 4.34. The van der Waals surface area contributed by atoms with Crippen LogP contribution < -0.4 is 4.90 Å². The van der Waals surface area contributed by atoms with Crippen LogP contribution in [0.3, 0.4) is 0 Å². The van der Waals surface area contributed by atoms with Crippen molar-refractivity contribution in [3.05, 3.63) is 65.2 Å². The fraction of sp³-hybridized carbons (Fsp3) is 0.222. The molecule has 1 saturated heterocycles. The molecule has 2 aliphatic rings. The number of rotatable bonds is 1. The molecule has 0 unspecified atom stereocenters. The Bertz CT molecular complexity index is 796. The third kappa shape index (κ3) is 1.56. The molecule has 110 valence electrons. The van der Waals surface area contributed by atoms with Gasteiger partial charge in [-0.15, -0.1) is 0 Å². The lowest BCUT2D eigenvalue weighted by Gasteiger charge is -2.20. The van der Waals surface area contributed by atoms with E-state index in [1.54, 1.807) is 18.2 Å². The van der Waals surface area contributed by atoms with E-state index < -0.39 is 11.8 Å². The van der Waals surface area contributed by atoms with Crippen molar-refractivity contribution in [1.29, 1.82) is 0 Å². The van der Waals surface area contributed by atoms with Crippen LogP contribution >= 0.6 is 0 Å². The summed E-state index contributed by atoms with van der Waals surface area (Å²) >= 11 is 0. The number of fused-ring (bicyclic) bond motifs is 1. The number of ether oxygens (including phenoxy) is 1. The van der Waals surface area contributed by atoms with Crippen molar-refractivity contribution < 1.29 is 14.3 Å². The number of benzene rings is 2. The first-order valence-corrected chi connectivity index (χ1v) is 7.24. The molecule has 2 aromatic rings. The summed E-state index contributed by atoms with van der Waals surface area (Å²) in [5.74, 6) is -0.322. The zero-order chi connectivity index (χ0) is 15.5. The molecule has 2 heterocycles. The number of aryl methyl sites for hydroxylation is 1. The second-order valence-corrected chi connectivity index (χ2v) is 5.81. The van der Waals surface area contributed by atoms with E-state index in [1.165, 1.54) is 11.8 Å². The maximum Gasteiger partial charge on any atom is 0.244 e. The van der Waals surface area contributed by atoms with Crippen LogP contribution in [0.2, 0.25) is 0 Å². The summed E-state index contributed by atoms with van der Waals surface area (Å²) in [6.45, 7) is 3.47. The van der Waals surface area contributed by atoms with Gasteiger partial charge in [0.05, 0.1) is 5.69 Å². The smallest absolute Gasteiger partial charge is 0.244 e. The molecule has 1 spiro atoms. The largest absolute Gasteiger partial charge is 0.332 e. The monoisotopic (exact) mass is 293 g/mol. The molecule has 1 amide bonds. The van der Waals surface area contributed by atoms with Crippen LogP contribution in [0, 0.1) is 6.92 Å². The van der Waals surface area contributed by atoms with E-state index in [2.05, 4.69) is 0 Å². The number of Topliss-reactive ketones (excluding diaryl/α,β-unsaturated/α-hetero) is 1. The molecule has 2 atom stereocenters. The number of anilines is 1. The maximum atomic E-state index is 12.8. The van der Waals surface area contributed by atoms with Gasteiger partial charge >= 0.3 is 0 Å². The molecule has 1 fully saturated rings. The van der Waals surface area contributed by atoms with Gasteiger partial charge in [0.15, 0.2) is 0 Å². The Hall–Kier alpha value is -2.46. The van der Waals surface area contributed by atoms with E-state index >= 15 is 0 Å². The summed E-state index contributed by atoms with van der Waals surface area (Å²) in [6.07, 6.45) is -0.406. The molecule has 0 N–H and O–H groups in total. The molecular formula is C18H15NO3. The number of amides is 1. The van der Waals surface area contributed by atoms with Gasteiger partial charge in [-0.1, -0.05) is 42.0 Å². The summed E-state index contributed by atoms with van der Waals surface area (Å²) in [6, 6.07) is 15.0. The SMILES string of the molecule is CC(=O)N1c2ccccc2C(=O)[C@@]12O[C@@H]2c1ccc(C)cc1. The van der Waals surface area contributed by atoms with E-state index in [9.17, 15) is 9.59 Å². The minimum Gasteiger partial charge on any atom is -0.332 e. The van der Waals surface area contributed by atoms with Crippen molar-refractivity contribution in [2.75, 3.05) is 4.90 Å². The normalized spacial score (nSPS) is 25.5. The van der Waals surface area contributed by atoms with Crippen LogP contribution in [0.5, 0.6) is 0 Å². The van der Waals surface area contributed by atoms with Crippen molar-refractivity contribution in [2.24, 2.45) is 0 Å². The molecule has 0 aromatic heterocycles. The molecule has 0 bridgehead atoms. The summed E-state index contributed by atoms with van der Waals surface area (Å²) in [5, 5.41) is 0. The van der Waals surface area contributed by atoms with Gasteiger partial charge in [0.2, 0.25) is 17.4 Å². The Morgan fingerprint density at radius 1 is 1.14 bits per heavy atom. The van der Waals surface area contributed by atoms with Crippen LogP contribution in [0.25, 0.3) is 0 Å². The number of para-hydroxylation sites is 1. The first-order valence-electron chi connectivity index (χ1n) is 7.24. The zero-order valence-electron chi connectivity index (χ0n) is 12.4. The maximum absolute atomic E-state index is 12.8. The molecular weight excluding hydrogens is 278 g/mol. The van der Waals surface area contributed by atoms with Gasteiger partial charge in [0.25, 0.3) is 0 Å². The predicted molar refractivity (Wildman–Crippen MR) is 81.7 cm³/mol. The lowest BCUT2D eigenvalue weighted by atomic mass is 10.00.